The summed E-state index contributed by atoms with van der Waals surface area (Å²) in [5.41, 5.74) is 1.68. The highest BCUT2D eigenvalue weighted by Gasteiger charge is 2.06. The fourth-order valence-electron chi connectivity index (χ4n) is 2.28. The number of rotatable bonds is 7. The molecule has 0 fully saturated rings. The van der Waals surface area contributed by atoms with Crippen LogP contribution in [0.25, 0.3) is 0 Å². The van der Waals surface area contributed by atoms with E-state index in [4.69, 9.17) is 9.47 Å². The van der Waals surface area contributed by atoms with Gasteiger partial charge in [-0.2, -0.15) is 10.1 Å². The first-order chi connectivity index (χ1) is 12.7. The lowest BCUT2D eigenvalue weighted by Gasteiger charge is -2.11. The Morgan fingerprint density at radius 3 is 2.50 bits per heavy atom. The molecule has 1 heterocycles. The van der Waals surface area contributed by atoms with E-state index >= 15 is 0 Å². The summed E-state index contributed by atoms with van der Waals surface area (Å²) >= 11 is 0. The summed E-state index contributed by atoms with van der Waals surface area (Å²) in [5.74, 6) is 1.86. The normalized spacial score (nSPS) is 10.3. The first-order valence-corrected chi connectivity index (χ1v) is 7.85. The summed E-state index contributed by atoms with van der Waals surface area (Å²) < 4.78 is 23.4. The van der Waals surface area contributed by atoms with E-state index in [1.807, 2.05) is 6.07 Å². The second-order valence-corrected chi connectivity index (χ2v) is 5.34. The fraction of sp³-hybridized carbons (Fsp3) is 0.167. The molecule has 134 valence electrons. The van der Waals surface area contributed by atoms with E-state index in [9.17, 15) is 4.39 Å². The minimum absolute atomic E-state index is 0.271. The number of methoxy groups -OCH3 is 2. The Hall–Kier alpha value is -3.42. The molecule has 0 spiro atoms. The van der Waals surface area contributed by atoms with Gasteiger partial charge in [-0.15, -0.1) is 5.10 Å². The van der Waals surface area contributed by atoms with Crippen molar-refractivity contribution in [1.29, 1.82) is 0 Å². The zero-order valence-electron chi connectivity index (χ0n) is 14.4. The van der Waals surface area contributed by atoms with E-state index in [1.54, 1.807) is 38.5 Å². The zero-order chi connectivity index (χ0) is 18.4. The van der Waals surface area contributed by atoms with Crippen molar-refractivity contribution in [3.63, 3.8) is 0 Å². The highest BCUT2D eigenvalue weighted by molar-refractivity contribution is 5.61. The Bertz CT molecular complexity index is 874. The Morgan fingerprint density at radius 1 is 1.00 bits per heavy atom. The first kappa shape index (κ1) is 17.4. The summed E-state index contributed by atoms with van der Waals surface area (Å²) in [6.07, 6.45) is 1.51. The van der Waals surface area contributed by atoms with Crippen molar-refractivity contribution in [2.75, 3.05) is 24.9 Å². The van der Waals surface area contributed by atoms with Crippen molar-refractivity contribution in [3.8, 4) is 11.5 Å². The van der Waals surface area contributed by atoms with Crippen LogP contribution in [0.5, 0.6) is 11.5 Å². The molecule has 0 bridgehead atoms. The van der Waals surface area contributed by atoms with Gasteiger partial charge in [0.1, 0.15) is 5.82 Å². The molecule has 8 heteroatoms. The van der Waals surface area contributed by atoms with Crippen LogP contribution in [-0.2, 0) is 6.54 Å². The third-order valence-corrected chi connectivity index (χ3v) is 3.58. The molecule has 1 aromatic heterocycles. The van der Waals surface area contributed by atoms with Gasteiger partial charge in [-0.3, -0.25) is 0 Å². The number of nitrogens with zero attached hydrogens (tertiary/aromatic N) is 3. The van der Waals surface area contributed by atoms with Gasteiger partial charge in [0.15, 0.2) is 17.3 Å². The predicted octanol–water partition coefficient (Wildman–Crippen LogP) is 3.38. The fourth-order valence-corrected chi connectivity index (χ4v) is 2.28. The number of benzene rings is 2. The van der Waals surface area contributed by atoms with Crippen LogP contribution < -0.4 is 20.1 Å². The number of hydrogen-bond acceptors (Lipinski definition) is 7. The summed E-state index contributed by atoms with van der Waals surface area (Å²) in [7, 11) is 3.16. The molecule has 2 aromatic carbocycles. The largest absolute Gasteiger partial charge is 0.493 e. The maximum absolute atomic E-state index is 12.9. The van der Waals surface area contributed by atoms with Crippen molar-refractivity contribution in [1.82, 2.24) is 15.2 Å². The molecular weight excluding hydrogens is 337 g/mol. The predicted molar refractivity (Wildman–Crippen MR) is 96.4 cm³/mol. The second-order valence-electron chi connectivity index (χ2n) is 5.34. The highest BCUT2D eigenvalue weighted by atomic mass is 19.1. The third kappa shape index (κ3) is 4.35. The molecule has 0 radical (unpaired) electrons. The number of halogens is 1. The molecule has 0 aliphatic rings. The van der Waals surface area contributed by atoms with Crippen LogP contribution in [0, 0.1) is 5.82 Å². The number of nitrogens with one attached hydrogen (secondary N) is 2. The van der Waals surface area contributed by atoms with E-state index in [0.29, 0.717) is 29.8 Å². The number of hydrogen-bond donors (Lipinski definition) is 2. The molecule has 0 atom stereocenters. The summed E-state index contributed by atoms with van der Waals surface area (Å²) in [4.78, 5) is 4.36. The first-order valence-electron chi connectivity index (χ1n) is 7.85. The Morgan fingerprint density at radius 2 is 1.77 bits per heavy atom. The van der Waals surface area contributed by atoms with Crippen LogP contribution in [0.4, 0.5) is 21.8 Å². The van der Waals surface area contributed by atoms with Crippen LogP contribution in [0.15, 0.2) is 48.7 Å². The van der Waals surface area contributed by atoms with Crippen LogP contribution in [-0.4, -0.2) is 29.4 Å². The van der Waals surface area contributed by atoms with Gasteiger partial charge in [-0.25, -0.2) is 4.39 Å². The smallest absolute Gasteiger partial charge is 0.244 e. The van der Waals surface area contributed by atoms with E-state index in [0.717, 1.165) is 11.3 Å². The van der Waals surface area contributed by atoms with Gasteiger partial charge in [-0.05, 0) is 29.8 Å². The van der Waals surface area contributed by atoms with Gasteiger partial charge in [0, 0.05) is 18.3 Å². The molecule has 2 N–H and O–H groups in total. The van der Waals surface area contributed by atoms with E-state index in [1.165, 1.54) is 18.3 Å². The minimum atomic E-state index is -0.271. The SMILES string of the molecule is COc1ccc(Nc2cnnc(NCc3ccc(F)cc3)n2)cc1OC. The van der Waals surface area contributed by atoms with Crippen molar-refractivity contribution >= 4 is 17.5 Å². The van der Waals surface area contributed by atoms with E-state index in [-0.39, 0.29) is 5.82 Å². The monoisotopic (exact) mass is 355 g/mol. The summed E-state index contributed by atoms with van der Waals surface area (Å²) in [5, 5.41) is 14.1. The van der Waals surface area contributed by atoms with Crippen LogP contribution in [0.2, 0.25) is 0 Å². The molecule has 26 heavy (non-hydrogen) atoms. The quantitative estimate of drug-likeness (QED) is 0.672. The Kier molecular flexibility index (Phi) is 5.43. The van der Waals surface area contributed by atoms with Crippen molar-refractivity contribution in [2.45, 2.75) is 6.54 Å². The average Bonchev–Trinajstić information content (AvgIpc) is 2.68. The van der Waals surface area contributed by atoms with Gasteiger partial charge in [0.25, 0.3) is 0 Å². The molecule has 0 aliphatic carbocycles. The average molecular weight is 355 g/mol. The lowest BCUT2D eigenvalue weighted by Crippen LogP contribution is -2.06. The maximum atomic E-state index is 12.9. The van der Waals surface area contributed by atoms with Crippen LogP contribution in [0.1, 0.15) is 5.56 Å². The van der Waals surface area contributed by atoms with Crippen LogP contribution >= 0.6 is 0 Å². The molecule has 0 amide bonds. The molecule has 3 aromatic rings. The van der Waals surface area contributed by atoms with Gasteiger partial charge in [0.05, 0.1) is 20.4 Å². The summed E-state index contributed by atoms with van der Waals surface area (Å²) in [6.45, 7) is 0.460. The highest BCUT2D eigenvalue weighted by Crippen LogP contribution is 2.30. The molecule has 0 unspecified atom stereocenters. The molecule has 7 nitrogen and oxygen atoms in total. The maximum Gasteiger partial charge on any atom is 0.244 e. The van der Waals surface area contributed by atoms with Gasteiger partial charge in [0.2, 0.25) is 5.95 Å². The Balaban J connectivity index is 1.68. The molecule has 0 saturated carbocycles. The lowest BCUT2D eigenvalue weighted by molar-refractivity contribution is 0.355. The van der Waals surface area contributed by atoms with Gasteiger partial charge >= 0.3 is 0 Å². The lowest BCUT2D eigenvalue weighted by atomic mass is 10.2. The van der Waals surface area contributed by atoms with Crippen molar-refractivity contribution < 1.29 is 13.9 Å². The number of aromatic nitrogens is 3. The second kappa shape index (κ2) is 8.11. The Labute approximate surface area is 150 Å². The van der Waals surface area contributed by atoms with Gasteiger partial charge in [-0.1, -0.05) is 12.1 Å². The molecular formula is C18H18FN5O2. The number of anilines is 3. The molecule has 3 rings (SSSR count). The molecule has 0 saturated heterocycles. The van der Waals surface area contributed by atoms with Gasteiger partial charge < -0.3 is 20.1 Å². The number of ether oxygens (including phenoxy) is 2. The summed E-state index contributed by atoms with van der Waals surface area (Å²) in [6, 6.07) is 11.6. The zero-order valence-corrected chi connectivity index (χ0v) is 14.4. The van der Waals surface area contributed by atoms with Crippen molar-refractivity contribution in [3.05, 3.63) is 60.0 Å². The standard InChI is InChI=1S/C18H18FN5O2/c1-25-15-8-7-14(9-16(15)26-2)22-17-11-21-24-18(23-17)20-10-12-3-5-13(19)6-4-12/h3-9,11H,10H2,1-2H3,(H2,20,22,23,24). The van der Waals surface area contributed by atoms with Crippen LogP contribution in [0.3, 0.4) is 0 Å². The van der Waals surface area contributed by atoms with E-state index < -0.39 is 0 Å². The third-order valence-electron chi connectivity index (χ3n) is 3.58. The topological polar surface area (TPSA) is 81.2 Å². The van der Waals surface area contributed by atoms with Crippen molar-refractivity contribution in [2.24, 2.45) is 0 Å². The molecule has 0 aliphatic heterocycles. The van der Waals surface area contributed by atoms with E-state index in [2.05, 4.69) is 25.8 Å². The minimum Gasteiger partial charge on any atom is -0.493 e.